The van der Waals surface area contributed by atoms with Gasteiger partial charge in [0.15, 0.2) is 5.78 Å². The van der Waals surface area contributed by atoms with Crippen molar-refractivity contribution in [2.75, 3.05) is 0 Å². The molecule has 0 aromatic heterocycles. The lowest BCUT2D eigenvalue weighted by atomic mass is 10.1. The van der Waals surface area contributed by atoms with Gasteiger partial charge in [0.25, 0.3) is 0 Å². The van der Waals surface area contributed by atoms with Crippen LogP contribution in [0.5, 0.6) is 5.75 Å². The van der Waals surface area contributed by atoms with Crippen molar-refractivity contribution in [1.82, 2.24) is 0 Å². The number of hydrogen-bond donors (Lipinski definition) is 0. The van der Waals surface area contributed by atoms with E-state index in [0.717, 1.165) is 29.9 Å². The van der Waals surface area contributed by atoms with E-state index >= 15 is 0 Å². The van der Waals surface area contributed by atoms with Crippen LogP contribution in [0.15, 0.2) is 35.6 Å². The molecule has 0 saturated heterocycles. The zero-order chi connectivity index (χ0) is 14.8. The first-order chi connectivity index (χ1) is 9.71. The van der Waals surface area contributed by atoms with Crippen LogP contribution in [0.1, 0.15) is 62.7 Å². The maximum Gasteiger partial charge on any atom is 0.162 e. The molecule has 0 aliphatic rings. The number of ketones is 1. The van der Waals surface area contributed by atoms with Crippen LogP contribution in [0.3, 0.4) is 0 Å². The zero-order valence-electron chi connectivity index (χ0n) is 12.3. The molecular formula is C17H23ClO2. The Labute approximate surface area is 126 Å². The van der Waals surface area contributed by atoms with Gasteiger partial charge in [0.2, 0.25) is 0 Å². The second kappa shape index (κ2) is 9.60. The Bertz CT molecular complexity index is 435. The summed E-state index contributed by atoms with van der Waals surface area (Å²) in [5.41, 5.74) is 2.22. The van der Waals surface area contributed by atoms with Crippen molar-refractivity contribution >= 4 is 17.4 Å². The molecule has 110 valence electrons. The van der Waals surface area contributed by atoms with Gasteiger partial charge in [-0.3, -0.25) is 4.79 Å². The smallest absolute Gasteiger partial charge is 0.162 e. The fourth-order valence-electron chi connectivity index (χ4n) is 1.92. The summed E-state index contributed by atoms with van der Waals surface area (Å²) in [6, 6.07) is 7.22. The number of halogens is 1. The number of allylic oxidation sites excluding steroid dienone is 1. The number of carbonyl (C=O) groups excluding carboxylic acids is 1. The van der Waals surface area contributed by atoms with Crippen molar-refractivity contribution in [1.29, 1.82) is 0 Å². The topological polar surface area (TPSA) is 26.3 Å². The highest BCUT2D eigenvalue weighted by Gasteiger charge is 2.05. The van der Waals surface area contributed by atoms with Gasteiger partial charge in [-0.1, -0.05) is 44.7 Å². The molecule has 0 heterocycles. The Morgan fingerprint density at radius 2 is 1.85 bits per heavy atom. The molecule has 0 fully saturated rings. The number of carbonyl (C=O) groups is 1. The van der Waals surface area contributed by atoms with Gasteiger partial charge in [0.05, 0.1) is 0 Å². The molecule has 0 unspecified atom stereocenters. The molecule has 1 rings (SSSR count). The number of Topliss-reactive ketones (excluding diaryl/α,β-unsaturated/α-hetero) is 1. The van der Waals surface area contributed by atoms with Crippen LogP contribution in [-0.4, -0.2) is 5.78 Å². The monoisotopic (exact) mass is 294 g/mol. The summed E-state index contributed by atoms with van der Waals surface area (Å²) in [4.78, 5) is 11.5. The van der Waals surface area contributed by atoms with E-state index in [1.54, 1.807) is 12.1 Å². The minimum absolute atomic E-state index is 0.143. The third kappa shape index (κ3) is 5.79. The van der Waals surface area contributed by atoms with Gasteiger partial charge >= 0.3 is 0 Å². The van der Waals surface area contributed by atoms with Gasteiger partial charge in [0, 0.05) is 23.9 Å². The zero-order valence-corrected chi connectivity index (χ0v) is 13.1. The number of benzene rings is 1. The van der Waals surface area contributed by atoms with E-state index in [0.29, 0.717) is 6.42 Å². The minimum Gasteiger partial charge on any atom is -0.461 e. The van der Waals surface area contributed by atoms with E-state index in [1.807, 2.05) is 19.1 Å². The highest BCUT2D eigenvalue weighted by atomic mass is 35.5. The predicted octanol–water partition coefficient (Wildman–Crippen LogP) is 5.71. The lowest BCUT2D eigenvalue weighted by Crippen LogP contribution is -1.98. The molecule has 3 heteroatoms. The van der Waals surface area contributed by atoms with Crippen molar-refractivity contribution in [2.45, 2.75) is 52.4 Å². The highest BCUT2D eigenvalue weighted by molar-refractivity contribution is 6.25. The summed E-state index contributed by atoms with van der Waals surface area (Å²) >= 11 is 5.79. The SMILES string of the molecule is CCCCCC/C(=C\Cl)Oc1ccc(C(=O)CC)cc1. The molecule has 0 N–H and O–H groups in total. The van der Waals surface area contributed by atoms with Crippen molar-refractivity contribution < 1.29 is 9.53 Å². The Morgan fingerprint density at radius 1 is 1.15 bits per heavy atom. The molecule has 0 amide bonds. The van der Waals surface area contributed by atoms with Crippen LogP contribution in [0.25, 0.3) is 0 Å². The van der Waals surface area contributed by atoms with Gasteiger partial charge < -0.3 is 4.74 Å². The molecule has 0 saturated carbocycles. The van der Waals surface area contributed by atoms with Crippen molar-refractivity contribution in [3.63, 3.8) is 0 Å². The third-order valence-electron chi connectivity index (χ3n) is 3.14. The quantitative estimate of drug-likeness (QED) is 0.331. The lowest BCUT2D eigenvalue weighted by molar-refractivity contribution is 0.0988. The van der Waals surface area contributed by atoms with Crippen molar-refractivity contribution in [2.24, 2.45) is 0 Å². The molecule has 0 aliphatic heterocycles. The standard InChI is InChI=1S/C17H23ClO2/c1-3-5-6-7-8-16(13-18)20-15-11-9-14(10-12-15)17(19)4-2/h9-13H,3-8H2,1-2H3/b16-13+. The fourth-order valence-corrected chi connectivity index (χ4v) is 2.07. The Morgan fingerprint density at radius 3 is 2.40 bits per heavy atom. The maximum atomic E-state index is 11.5. The molecule has 20 heavy (non-hydrogen) atoms. The van der Waals surface area contributed by atoms with E-state index in [9.17, 15) is 4.79 Å². The van der Waals surface area contributed by atoms with Gasteiger partial charge in [-0.25, -0.2) is 0 Å². The molecule has 2 nitrogen and oxygen atoms in total. The average Bonchev–Trinajstić information content (AvgIpc) is 2.50. The Kier molecular flexibility index (Phi) is 8.05. The molecular weight excluding hydrogens is 272 g/mol. The summed E-state index contributed by atoms with van der Waals surface area (Å²) in [5.74, 6) is 1.64. The third-order valence-corrected chi connectivity index (χ3v) is 3.39. The first-order valence-corrected chi connectivity index (χ1v) is 7.75. The van der Waals surface area contributed by atoms with Crippen LogP contribution in [0.2, 0.25) is 0 Å². The van der Waals surface area contributed by atoms with Gasteiger partial charge in [-0.15, -0.1) is 0 Å². The lowest BCUT2D eigenvalue weighted by Gasteiger charge is -2.09. The summed E-state index contributed by atoms with van der Waals surface area (Å²) in [7, 11) is 0. The van der Waals surface area contributed by atoms with E-state index in [4.69, 9.17) is 16.3 Å². The van der Waals surface area contributed by atoms with Crippen molar-refractivity contribution in [3.05, 3.63) is 41.1 Å². The summed E-state index contributed by atoms with van der Waals surface area (Å²) in [6.07, 6.45) is 6.09. The second-order valence-corrected chi connectivity index (χ2v) is 5.01. The van der Waals surface area contributed by atoms with Crippen LogP contribution >= 0.6 is 11.6 Å². The number of rotatable bonds is 9. The molecule has 1 aromatic rings. The van der Waals surface area contributed by atoms with E-state index < -0.39 is 0 Å². The highest BCUT2D eigenvalue weighted by Crippen LogP contribution is 2.19. The molecule has 0 bridgehead atoms. The number of hydrogen-bond acceptors (Lipinski definition) is 2. The minimum atomic E-state index is 0.143. The first-order valence-electron chi connectivity index (χ1n) is 7.31. The van der Waals surface area contributed by atoms with Crippen LogP contribution in [0.4, 0.5) is 0 Å². The number of unbranched alkanes of at least 4 members (excludes halogenated alkanes) is 3. The largest absolute Gasteiger partial charge is 0.461 e. The molecule has 1 aromatic carbocycles. The fraction of sp³-hybridized carbons (Fsp3) is 0.471. The van der Waals surface area contributed by atoms with E-state index in [1.165, 1.54) is 24.8 Å². The maximum absolute atomic E-state index is 11.5. The molecule has 0 aliphatic carbocycles. The van der Waals surface area contributed by atoms with Gasteiger partial charge in [-0.2, -0.15) is 0 Å². The molecule has 0 spiro atoms. The Hall–Kier alpha value is -1.28. The Balaban J connectivity index is 2.51. The van der Waals surface area contributed by atoms with Crippen LogP contribution in [-0.2, 0) is 0 Å². The summed E-state index contributed by atoms with van der Waals surface area (Å²) in [6.45, 7) is 4.05. The molecule has 0 atom stereocenters. The predicted molar refractivity (Wildman–Crippen MR) is 84.4 cm³/mol. The number of ether oxygens (including phenoxy) is 1. The average molecular weight is 295 g/mol. The summed E-state index contributed by atoms with van der Waals surface area (Å²) < 4.78 is 5.73. The first kappa shape index (κ1) is 16.8. The van der Waals surface area contributed by atoms with Gasteiger partial charge in [-0.05, 0) is 30.7 Å². The molecule has 0 radical (unpaired) electrons. The summed E-state index contributed by atoms with van der Waals surface area (Å²) in [5, 5.41) is 0. The van der Waals surface area contributed by atoms with Gasteiger partial charge in [0.1, 0.15) is 11.5 Å². The van der Waals surface area contributed by atoms with E-state index in [-0.39, 0.29) is 5.78 Å². The van der Waals surface area contributed by atoms with Crippen LogP contribution < -0.4 is 4.74 Å². The van der Waals surface area contributed by atoms with E-state index in [2.05, 4.69) is 6.92 Å². The van der Waals surface area contributed by atoms with Crippen molar-refractivity contribution in [3.8, 4) is 5.75 Å². The van der Waals surface area contributed by atoms with Crippen LogP contribution in [0, 0.1) is 0 Å². The second-order valence-electron chi connectivity index (χ2n) is 4.79. The normalized spacial score (nSPS) is 11.4.